The van der Waals surface area contributed by atoms with E-state index in [0.717, 1.165) is 30.6 Å². The molecule has 0 aromatic heterocycles. The van der Waals surface area contributed by atoms with Crippen LogP contribution in [0.2, 0.25) is 0 Å². The van der Waals surface area contributed by atoms with E-state index in [9.17, 15) is 14.3 Å². The zero-order chi connectivity index (χ0) is 17.1. The normalized spacial score (nSPS) is 17.8. The van der Waals surface area contributed by atoms with Crippen LogP contribution in [0, 0.1) is 5.82 Å². The van der Waals surface area contributed by atoms with Gasteiger partial charge in [-0.05, 0) is 54.3 Å². The van der Waals surface area contributed by atoms with Gasteiger partial charge in [-0.15, -0.1) is 0 Å². The summed E-state index contributed by atoms with van der Waals surface area (Å²) in [5.41, 5.74) is 2.29. The summed E-state index contributed by atoms with van der Waals surface area (Å²) in [6.07, 6.45) is 1.02. The summed E-state index contributed by atoms with van der Waals surface area (Å²) in [6.45, 7) is 2.53. The molecule has 1 heterocycles. The fourth-order valence-electron chi connectivity index (χ4n) is 3.26. The molecular weight excluding hydrogens is 309 g/mol. The first-order valence-electron chi connectivity index (χ1n) is 7.95. The third-order valence-electron chi connectivity index (χ3n) is 4.51. The average molecular weight is 329 g/mol. The molecule has 2 aromatic carbocycles. The molecule has 0 radical (unpaired) electrons. The molecule has 2 aromatic rings. The Kier molecular flexibility index (Phi) is 4.81. The highest BCUT2D eigenvalue weighted by molar-refractivity contribution is 5.91. The monoisotopic (exact) mass is 329 g/mol. The Morgan fingerprint density at radius 1 is 1.29 bits per heavy atom. The summed E-state index contributed by atoms with van der Waals surface area (Å²) in [5.74, 6) is -0.438. The zero-order valence-corrected chi connectivity index (χ0v) is 13.5. The number of aromatic carboxylic acids is 1. The predicted octanol–water partition coefficient (Wildman–Crippen LogP) is 3.52. The quantitative estimate of drug-likeness (QED) is 0.912. The molecule has 1 aliphatic heterocycles. The Bertz CT molecular complexity index is 730. The number of nitrogens with zero attached hydrogens (tertiary/aromatic N) is 1. The third-order valence-corrected chi connectivity index (χ3v) is 4.51. The fraction of sp³-hybridized carbons (Fsp3) is 0.316. The molecule has 1 atom stereocenters. The van der Waals surface area contributed by atoms with Gasteiger partial charge in [0.15, 0.2) is 0 Å². The van der Waals surface area contributed by atoms with Gasteiger partial charge in [-0.2, -0.15) is 0 Å². The second-order valence-corrected chi connectivity index (χ2v) is 6.11. The minimum Gasteiger partial charge on any atom is -0.496 e. The summed E-state index contributed by atoms with van der Waals surface area (Å²) in [7, 11) is 1.47. The van der Waals surface area contributed by atoms with Crippen LogP contribution in [0.3, 0.4) is 0 Å². The van der Waals surface area contributed by atoms with Gasteiger partial charge in [-0.1, -0.05) is 18.2 Å². The third kappa shape index (κ3) is 3.57. The summed E-state index contributed by atoms with van der Waals surface area (Å²) < 4.78 is 18.1. The second-order valence-electron chi connectivity index (χ2n) is 6.11. The van der Waals surface area contributed by atoms with Crippen molar-refractivity contribution in [1.29, 1.82) is 0 Å². The van der Waals surface area contributed by atoms with Gasteiger partial charge in [-0.25, -0.2) is 9.18 Å². The topological polar surface area (TPSA) is 49.8 Å². The van der Waals surface area contributed by atoms with Crippen LogP contribution in [0.4, 0.5) is 4.39 Å². The number of carboxylic acid groups (broad SMARTS) is 1. The molecule has 1 saturated heterocycles. The molecule has 0 unspecified atom stereocenters. The van der Waals surface area contributed by atoms with Crippen molar-refractivity contribution in [3.63, 3.8) is 0 Å². The predicted molar refractivity (Wildman–Crippen MR) is 89.0 cm³/mol. The molecule has 0 amide bonds. The van der Waals surface area contributed by atoms with Gasteiger partial charge in [0.05, 0.1) is 7.11 Å². The van der Waals surface area contributed by atoms with E-state index in [1.54, 1.807) is 12.1 Å². The minimum absolute atomic E-state index is 0.185. The number of ether oxygens (including phenoxy) is 1. The van der Waals surface area contributed by atoms with E-state index in [1.807, 2.05) is 18.2 Å². The molecule has 126 valence electrons. The lowest BCUT2D eigenvalue weighted by Gasteiger charge is -2.17. The number of methoxy groups -OCH3 is 1. The zero-order valence-electron chi connectivity index (χ0n) is 13.5. The first-order valence-corrected chi connectivity index (χ1v) is 7.95. The van der Waals surface area contributed by atoms with E-state index >= 15 is 0 Å². The van der Waals surface area contributed by atoms with Crippen molar-refractivity contribution in [2.45, 2.75) is 18.9 Å². The lowest BCUT2D eigenvalue weighted by atomic mass is 9.98. The number of likely N-dealkylation sites (tertiary alicyclic amines) is 1. The number of halogens is 1. The highest BCUT2D eigenvalue weighted by atomic mass is 19.1. The molecule has 0 saturated carbocycles. The summed E-state index contributed by atoms with van der Waals surface area (Å²) in [6, 6.07) is 12.0. The maximum atomic E-state index is 13.0. The maximum absolute atomic E-state index is 13.0. The highest BCUT2D eigenvalue weighted by Gasteiger charge is 2.24. The van der Waals surface area contributed by atoms with Crippen LogP contribution in [0.15, 0.2) is 42.5 Å². The van der Waals surface area contributed by atoms with Crippen molar-refractivity contribution in [2.24, 2.45) is 0 Å². The molecule has 5 heteroatoms. The largest absolute Gasteiger partial charge is 0.496 e. The van der Waals surface area contributed by atoms with E-state index in [1.165, 1.54) is 19.2 Å². The van der Waals surface area contributed by atoms with Gasteiger partial charge in [0.2, 0.25) is 0 Å². The lowest BCUT2D eigenvalue weighted by Crippen LogP contribution is -2.20. The van der Waals surface area contributed by atoms with E-state index in [4.69, 9.17) is 4.74 Å². The van der Waals surface area contributed by atoms with Crippen molar-refractivity contribution < 1.29 is 19.0 Å². The van der Waals surface area contributed by atoms with E-state index in [2.05, 4.69) is 4.90 Å². The van der Waals surface area contributed by atoms with Crippen LogP contribution in [0.1, 0.15) is 33.8 Å². The molecule has 0 spiro atoms. The highest BCUT2D eigenvalue weighted by Crippen LogP contribution is 2.29. The van der Waals surface area contributed by atoms with Crippen molar-refractivity contribution >= 4 is 5.97 Å². The Morgan fingerprint density at radius 2 is 2.04 bits per heavy atom. The van der Waals surface area contributed by atoms with Crippen molar-refractivity contribution in [2.75, 3.05) is 20.2 Å². The van der Waals surface area contributed by atoms with Crippen LogP contribution in [-0.4, -0.2) is 36.2 Å². The number of rotatable bonds is 5. The van der Waals surface area contributed by atoms with Gasteiger partial charge >= 0.3 is 5.97 Å². The van der Waals surface area contributed by atoms with Crippen LogP contribution < -0.4 is 4.74 Å². The molecule has 1 fully saturated rings. The molecule has 0 bridgehead atoms. The molecule has 0 aliphatic carbocycles. The number of benzene rings is 2. The molecule has 1 N–H and O–H groups in total. The number of hydrogen-bond acceptors (Lipinski definition) is 3. The number of carbonyl (C=O) groups is 1. The van der Waals surface area contributed by atoms with Crippen LogP contribution >= 0.6 is 0 Å². The van der Waals surface area contributed by atoms with Crippen LogP contribution in [-0.2, 0) is 6.54 Å². The molecule has 1 aliphatic rings. The first kappa shape index (κ1) is 16.5. The number of carboxylic acids is 1. The summed E-state index contributed by atoms with van der Waals surface area (Å²) in [5, 5.41) is 9.27. The molecule has 3 rings (SSSR count). The summed E-state index contributed by atoms with van der Waals surface area (Å²) >= 11 is 0. The number of hydrogen-bond donors (Lipinski definition) is 1. The summed E-state index contributed by atoms with van der Waals surface area (Å²) in [4.78, 5) is 13.6. The molecule has 4 nitrogen and oxygen atoms in total. The van der Waals surface area contributed by atoms with Gasteiger partial charge in [0.25, 0.3) is 0 Å². The average Bonchev–Trinajstić information content (AvgIpc) is 3.04. The maximum Gasteiger partial charge on any atom is 0.339 e. The van der Waals surface area contributed by atoms with E-state index in [-0.39, 0.29) is 11.4 Å². The van der Waals surface area contributed by atoms with Crippen molar-refractivity contribution in [3.05, 3.63) is 65.0 Å². The van der Waals surface area contributed by atoms with E-state index in [0.29, 0.717) is 18.2 Å². The molecular formula is C19H20FNO3. The Labute approximate surface area is 140 Å². The Hall–Kier alpha value is -2.40. The van der Waals surface area contributed by atoms with Crippen molar-refractivity contribution in [1.82, 2.24) is 4.90 Å². The van der Waals surface area contributed by atoms with E-state index < -0.39 is 5.97 Å². The Balaban J connectivity index is 1.68. The standard InChI is InChI=1S/C19H20FNO3/c1-24-18-7-2-13(10-17(18)19(22)23)11-21-9-8-15(12-21)14-3-5-16(20)6-4-14/h2-7,10,15H,8-9,11-12H2,1H3,(H,22,23)/t15-/m0/s1. The first-order chi connectivity index (χ1) is 11.6. The Morgan fingerprint density at radius 3 is 2.71 bits per heavy atom. The minimum atomic E-state index is -0.987. The smallest absolute Gasteiger partial charge is 0.339 e. The SMILES string of the molecule is COc1ccc(CN2CC[C@H](c3ccc(F)cc3)C2)cc1C(=O)O. The van der Waals surface area contributed by atoms with Crippen LogP contribution in [0.5, 0.6) is 5.75 Å². The van der Waals surface area contributed by atoms with Crippen molar-refractivity contribution in [3.8, 4) is 5.75 Å². The van der Waals surface area contributed by atoms with Gasteiger partial charge in [0.1, 0.15) is 17.1 Å². The lowest BCUT2D eigenvalue weighted by molar-refractivity contribution is 0.0693. The van der Waals surface area contributed by atoms with Gasteiger partial charge < -0.3 is 9.84 Å². The van der Waals surface area contributed by atoms with Gasteiger partial charge in [0, 0.05) is 13.1 Å². The second kappa shape index (κ2) is 7.01. The molecule has 24 heavy (non-hydrogen) atoms. The van der Waals surface area contributed by atoms with Crippen LogP contribution in [0.25, 0.3) is 0 Å². The van der Waals surface area contributed by atoms with Gasteiger partial charge in [-0.3, -0.25) is 4.90 Å². The fourth-order valence-corrected chi connectivity index (χ4v) is 3.26.